The van der Waals surface area contributed by atoms with Gasteiger partial charge in [-0.3, -0.25) is 24.3 Å². The van der Waals surface area contributed by atoms with E-state index in [1.807, 2.05) is 5.32 Å². The van der Waals surface area contributed by atoms with Crippen LogP contribution in [0.25, 0.3) is 10.8 Å². The molecule has 0 bridgehead atoms. The van der Waals surface area contributed by atoms with Crippen molar-refractivity contribution in [3.63, 3.8) is 0 Å². The summed E-state index contributed by atoms with van der Waals surface area (Å²) in [6.07, 6.45) is -4.68. The van der Waals surface area contributed by atoms with Crippen molar-refractivity contribution in [3.8, 4) is 0 Å². The molecule has 11 heteroatoms. The minimum atomic E-state index is -4.68. The molecule has 0 atom stereocenters. The van der Waals surface area contributed by atoms with Crippen LogP contribution in [0.2, 0.25) is 0 Å². The van der Waals surface area contributed by atoms with Crippen molar-refractivity contribution in [2.45, 2.75) is 12.7 Å². The molecule has 2 N–H and O–H groups in total. The van der Waals surface area contributed by atoms with E-state index in [4.69, 9.17) is 4.74 Å². The quantitative estimate of drug-likeness (QED) is 0.612. The number of para-hydroxylation sites is 1. The molecule has 0 aliphatic heterocycles. The lowest BCUT2D eigenvalue weighted by atomic mass is 10.1. The number of carbonyl (C=O) groups is 2. The van der Waals surface area contributed by atoms with E-state index < -0.39 is 53.6 Å². The third kappa shape index (κ3) is 4.57. The van der Waals surface area contributed by atoms with E-state index in [0.29, 0.717) is 0 Å². The minimum Gasteiger partial charge on any atom is -0.454 e. The number of benzene rings is 2. The topological polar surface area (TPSA) is 110 Å². The highest BCUT2D eigenvalue weighted by Gasteiger charge is 2.33. The number of H-pyrrole nitrogens is 1. The second-order valence-electron chi connectivity index (χ2n) is 6.13. The zero-order chi connectivity index (χ0) is 21.9. The van der Waals surface area contributed by atoms with Gasteiger partial charge in [-0.05, 0) is 24.3 Å². The molecular formula is C19H14F3N3O5. The summed E-state index contributed by atoms with van der Waals surface area (Å²) < 4.78 is 44.2. The molecule has 0 fully saturated rings. The lowest BCUT2D eigenvalue weighted by Crippen LogP contribution is -2.33. The van der Waals surface area contributed by atoms with Crippen molar-refractivity contribution in [1.29, 1.82) is 0 Å². The predicted molar refractivity (Wildman–Crippen MR) is 99.9 cm³/mol. The summed E-state index contributed by atoms with van der Waals surface area (Å²) in [4.78, 5) is 48.1. The molecule has 1 heterocycles. The van der Waals surface area contributed by atoms with Gasteiger partial charge >= 0.3 is 12.1 Å². The number of aromatic nitrogens is 2. The summed E-state index contributed by atoms with van der Waals surface area (Å²) in [6, 6.07) is 10.3. The normalized spacial score (nSPS) is 11.3. The smallest absolute Gasteiger partial charge is 0.418 e. The molecule has 0 radical (unpaired) electrons. The fourth-order valence-corrected chi connectivity index (χ4v) is 2.70. The number of rotatable bonds is 5. The van der Waals surface area contributed by atoms with Gasteiger partial charge in [0.2, 0.25) is 0 Å². The van der Waals surface area contributed by atoms with Gasteiger partial charge in [0.25, 0.3) is 17.0 Å². The maximum Gasteiger partial charge on any atom is 0.418 e. The van der Waals surface area contributed by atoms with Gasteiger partial charge in [-0.15, -0.1) is 0 Å². The first kappa shape index (κ1) is 20.8. The molecule has 0 aliphatic rings. The molecule has 0 spiro atoms. The SMILES string of the molecule is O=C(COC(=O)Cn1[nH]c(=O)c2ccccc2c1=O)Nc1ccccc1C(F)(F)F. The molecule has 0 unspecified atom stereocenters. The number of alkyl halides is 3. The molecule has 0 saturated carbocycles. The minimum absolute atomic E-state index is 0.0931. The first-order valence-electron chi connectivity index (χ1n) is 8.50. The van der Waals surface area contributed by atoms with E-state index >= 15 is 0 Å². The lowest BCUT2D eigenvalue weighted by molar-refractivity contribution is -0.148. The predicted octanol–water partition coefficient (Wildman–Crippen LogP) is 1.89. The Morgan fingerprint density at radius 2 is 1.63 bits per heavy atom. The first-order chi connectivity index (χ1) is 14.2. The second-order valence-corrected chi connectivity index (χ2v) is 6.13. The van der Waals surface area contributed by atoms with Crippen LogP contribution >= 0.6 is 0 Å². The van der Waals surface area contributed by atoms with Crippen LogP contribution < -0.4 is 16.4 Å². The number of ether oxygens (including phenoxy) is 1. The largest absolute Gasteiger partial charge is 0.454 e. The molecule has 1 amide bonds. The number of nitrogens with one attached hydrogen (secondary N) is 2. The molecule has 8 nitrogen and oxygen atoms in total. The fraction of sp³-hybridized carbons (Fsp3) is 0.158. The lowest BCUT2D eigenvalue weighted by Gasteiger charge is -2.13. The Morgan fingerprint density at radius 3 is 2.33 bits per heavy atom. The van der Waals surface area contributed by atoms with Crippen molar-refractivity contribution >= 4 is 28.3 Å². The Balaban J connectivity index is 1.65. The standard InChI is InChI=1S/C19H14F3N3O5/c20-19(21,22)13-7-3-4-8-14(13)23-15(26)10-30-16(27)9-25-18(29)12-6-2-1-5-11(12)17(28)24-25/h1-8H,9-10H2,(H,23,26)(H,24,28). The van der Waals surface area contributed by atoms with E-state index in [9.17, 15) is 32.3 Å². The number of hydrogen-bond acceptors (Lipinski definition) is 5. The van der Waals surface area contributed by atoms with Gasteiger partial charge in [0.15, 0.2) is 6.61 Å². The number of halogens is 3. The Bertz CT molecular complexity index is 1230. The molecule has 30 heavy (non-hydrogen) atoms. The summed E-state index contributed by atoms with van der Waals surface area (Å²) in [7, 11) is 0. The van der Waals surface area contributed by atoms with Crippen LogP contribution in [0.3, 0.4) is 0 Å². The third-order valence-corrected chi connectivity index (χ3v) is 4.04. The van der Waals surface area contributed by atoms with Crippen molar-refractivity contribution in [2.24, 2.45) is 0 Å². The summed E-state index contributed by atoms with van der Waals surface area (Å²) in [5.74, 6) is -2.04. The third-order valence-electron chi connectivity index (χ3n) is 4.04. The van der Waals surface area contributed by atoms with Gasteiger partial charge in [0.1, 0.15) is 6.54 Å². The summed E-state index contributed by atoms with van der Waals surface area (Å²) >= 11 is 0. The molecule has 156 valence electrons. The Labute approximate surface area is 165 Å². The zero-order valence-electron chi connectivity index (χ0n) is 15.2. The van der Waals surface area contributed by atoms with Gasteiger partial charge in [0.05, 0.1) is 22.0 Å². The van der Waals surface area contributed by atoms with Crippen LogP contribution in [-0.2, 0) is 27.0 Å². The zero-order valence-corrected chi connectivity index (χ0v) is 15.2. The second kappa shape index (κ2) is 8.23. The van der Waals surface area contributed by atoms with Gasteiger partial charge in [0, 0.05) is 0 Å². The maximum absolute atomic E-state index is 12.9. The highest BCUT2D eigenvalue weighted by atomic mass is 19.4. The Kier molecular flexibility index (Phi) is 5.72. The number of fused-ring (bicyclic) bond motifs is 1. The first-order valence-corrected chi connectivity index (χ1v) is 8.50. The molecule has 2 aromatic carbocycles. The number of nitrogens with zero attached hydrogens (tertiary/aromatic N) is 1. The molecule has 1 aromatic heterocycles. The van der Waals surface area contributed by atoms with Crippen LogP contribution in [0, 0.1) is 0 Å². The number of amides is 1. The highest BCUT2D eigenvalue weighted by molar-refractivity contribution is 5.93. The summed E-state index contributed by atoms with van der Waals surface area (Å²) in [6.45, 7) is -1.57. The number of hydrogen-bond donors (Lipinski definition) is 2. The highest BCUT2D eigenvalue weighted by Crippen LogP contribution is 2.34. The number of aromatic amines is 1. The maximum atomic E-state index is 12.9. The molecule has 3 aromatic rings. The number of esters is 1. The van der Waals surface area contributed by atoms with E-state index in [-0.39, 0.29) is 10.8 Å². The average Bonchev–Trinajstić information content (AvgIpc) is 2.70. The van der Waals surface area contributed by atoms with Crippen LogP contribution in [-0.4, -0.2) is 28.3 Å². The van der Waals surface area contributed by atoms with Gasteiger partial charge in [-0.25, -0.2) is 4.68 Å². The number of anilines is 1. The Hall–Kier alpha value is -3.89. The van der Waals surface area contributed by atoms with Gasteiger partial charge in [-0.1, -0.05) is 24.3 Å². The van der Waals surface area contributed by atoms with Crippen molar-refractivity contribution in [1.82, 2.24) is 9.78 Å². The van der Waals surface area contributed by atoms with Crippen molar-refractivity contribution in [2.75, 3.05) is 11.9 Å². The van der Waals surface area contributed by atoms with Gasteiger partial charge in [-0.2, -0.15) is 13.2 Å². The molecule has 0 aliphatic carbocycles. The van der Waals surface area contributed by atoms with Crippen LogP contribution in [0.1, 0.15) is 5.56 Å². The van der Waals surface area contributed by atoms with E-state index in [2.05, 4.69) is 5.10 Å². The molecule has 3 rings (SSSR count). The fourth-order valence-electron chi connectivity index (χ4n) is 2.70. The Morgan fingerprint density at radius 1 is 1.00 bits per heavy atom. The average molecular weight is 421 g/mol. The van der Waals surface area contributed by atoms with Crippen molar-refractivity contribution in [3.05, 3.63) is 74.8 Å². The van der Waals surface area contributed by atoms with E-state index in [1.165, 1.54) is 24.3 Å². The van der Waals surface area contributed by atoms with Crippen molar-refractivity contribution < 1.29 is 27.5 Å². The van der Waals surface area contributed by atoms with Crippen LogP contribution in [0.4, 0.5) is 18.9 Å². The summed E-state index contributed by atoms with van der Waals surface area (Å²) in [5.41, 5.74) is -2.78. The van der Waals surface area contributed by atoms with Gasteiger partial charge < -0.3 is 10.1 Å². The van der Waals surface area contributed by atoms with E-state index in [1.54, 1.807) is 12.1 Å². The summed E-state index contributed by atoms with van der Waals surface area (Å²) in [5, 5.41) is 4.48. The molecular weight excluding hydrogens is 407 g/mol. The van der Waals surface area contributed by atoms with Crippen LogP contribution in [0.15, 0.2) is 58.1 Å². The monoisotopic (exact) mass is 421 g/mol. The van der Waals surface area contributed by atoms with E-state index in [0.717, 1.165) is 16.8 Å². The molecule has 0 saturated heterocycles. The number of carbonyl (C=O) groups excluding carboxylic acids is 2. The van der Waals surface area contributed by atoms with Crippen LogP contribution in [0.5, 0.6) is 0 Å².